The number of benzene rings is 1. The minimum absolute atomic E-state index is 0.0906. The highest BCUT2D eigenvalue weighted by molar-refractivity contribution is 5.80. The minimum Gasteiger partial charge on any atom is -0.489 e. The zero-order valence-corrected chi connectivity index (χ0v) is 17.0. The molecule has 0 radical (unpaired) electrons. The summed E-state index contributed by atoms with van der Waals surface area (Å²) < 4.78 is 20.6. The Morgan fingerprint density at radius 2 is 1.93 bits per heavy atom. The molecular weight excluding hydrogens is 345 g/mol. The molecule has 148 valence electrons. The van der Waals surface area contributed by atoms with Gasteiger partial charge in [0, 0.05) is 25.8 Å². The molecule has 6 nitrogen and oxygen atoms in total. The fourth-order valence-electron chi connectivity index (χ4n) is 2.93. The zero-order valence-electron chi connectivity index (χ0n) is 17.0. The summed E-state index contributed by atoms with van der Waals surface area (Å²) in [7, 11) is 3.71. The average molecular weight is 375 g/mol. The number of rotatable bonds is 7. The lowest BCUT2D eigenvalue weighted by Crippen LogP contribution is -2.45. The number of nitrogens with one attached hydrogen (secondary N) is 2. The van der Waals surface area contributed by atoms with Crippen molar-refractivity contribution in [1.82, 2.24) is 20.4 Å². The van der Waals surface area contributed by atoms with Crippen LogP contribution in [-0.4, -0.2) is 41.5 Å². The highest BCUT2D eigenvalue weighted by Gasteiger charge is 2.14. The van der Waals surface area contributed by atoms with Gasteiger partial charge in [-0.25, -0.2) is 4.39 Å². The van der Waals surface area contributed by atoms with Gasteiger partial charge >= 0.3 is 0 Å². The van der Waals surface area contributed by atoms with Crippen molar-refractivity contribution in [2.75, 3.05) is 13.6 Å². The van der Waals surface area contributed by atoms with Gasteiger partial charge in [0.25, 0.3) is 0 Å². The number of halogens is 1. The molecule has 2 rings (SSSR count). The van der Waals surface area contributed by atoms with E-state index in [0.29, 0.717) is 12.3 Å². The van der Waals surface area contributed by atoms with Gasteiger partial charge in [-0.15, -0.1) is 0 Å². The van der Waals surface area contributed by atoms with Gasteiger partial charge in [0.15, 0.2) is 5.96 Å². The van der Waals surface area contributed by atoms with E-state index in [1.165, 1.54) is 23.4 Å². The topological polar surface area (TPSA) is 63.5 Å². The largest absolute Gasteiger partial charge is 0.489 e. The van der Waals surface area contributed by atoms with Crippen LogP contribution in [0.15, 0.2) is 29.3 Å². The van der Waals surface area contributed by atoms with Gasteiger partial charge in [0.2, 0.25) is 0 Å². The second-order valence-corrected chi connectivity index (χ2v) is 6.86. The van der Waals surface area contributed by atoms with E-state index in [-0.39, 0.29) is 18.0 Å². The van der Waals surface area contributed by atoms with Crippen LogP contribution in [0.2, 0.25) is 0 Å². The van der Waals surface area contributed by atoms with Gasteiger partial charge in [0.1, 0.15) is 17.7 Å². The molecule has 2 unspecified atom stereocenters. The lowest BCUT2D eigenvalue weighted by molar-refractivity contribution is 0.223. The second-order valence-electron chi connectivity index (χ2n) is 6.86. The SMILES string of the molecule is CN=C(NCC(C)Oc1ccc(F)cc1)NC(C)Cc1c(C)nn(C)c1C. The van der Waals surface area contributed by atoms with Crippen LogP contribution in [0, 0.1) is 19.7 Å². The molecule has 1 heterocycles. The average Bonchev–Trinajstić information content (AvgIpc) is 2.86. The Morgan fingerprint density at radius 1 is 1.26 bits per heavy atom. The Labute approximate surface area is 160 Å². The molecule has 2 N–H and O–H groups in total. The maximum atomic E-state index is 13.0. The minimum atomic E-state index is -0.272. The Bertz CT molecular complexity index is 769. The Kier molecular flexibility index (Phi) is 7.21. The molecule has 0 bridgehead atoms. The molecule has 0 spiro atoms. The first-order chi connectivity index (χ1) is 12.8. The van der Waals surface area contributed by atoms with Crippen LogP contribution >= 0.6 is 0 Å². The number of aliphatic imine (C=N–C) groups is 1. The summed E-state index contributed by atoms with van der Waals surface area (Å²) in [5.41, 5.74) is 3.51. The van der Waals surface area contributed by atoms with Gasteiger partial charge in [0.05, 0.1) is 12.2 Å². The van der Waals surface area contributed by atoms with Crippen molar-refractivity contribution in [3.05, 3.63) is 47.0 Å². The third kappa shape index (κ3) is 5.98. The van der Waals surface area contributed by atoms with Crippen LogP contribution in [0.25, 0.3) is 0 Å². The van der Waals surface area contributed by atoms with E-state index in [2.05, 4.69) is 34.6 Å². The lowest BCUT2D eigenvalue weighted by atomic mass is 10.1. The number of aromatic nitrogens is 2. The van der Waals surface area contributed by atoms with E-state index in [1.54, 1.807) is 19.2 Å². The molecule has 2 aromatic rings. The fourth-order valence-corrected chi connectivity index (χ4v) is 2.93. The van der Waals surface area contributed by atoms with Crippen molar-refractivity contribution in [3.8, 4) is 5.75 Å². The molecule has 0 fully saturated rings. The van der Waals surface area contributed by atoms with E-state index < -0.39 is 0 Å². The summed E-state index contributed by atoms with van der Waals surface area (Å²) in [6.45, 7) is 8.78. The monoisotopic (exact) mass is 375 g/mol. The van der Waals surface area contributed by atoms with Crippen LogP contribution in [0.3, 0.4) is 0 Å². The third-order valence-electron chi connectivity index (χ3n) is 4.48. The first kappa shape index (κ1) is 20.7. The summed E-state index contributed by atoms with van der Waals surface area (Å²) in [6, 6.07) is 6.23. The summed E-state index contributed by atoms with van der Waals surface area (Å²) in [4.78, 5) is 4.28. The van der Waals surface area contributed by atoms with Crippen molar-refractivity contribution in [1.29, 1.82) is 0 Å². The lowest BCUT2D eigenvalue weighted by Gasteiger charge is -2.21. The van der Waals surface area contributed by atoms with E-state index in [4.69, 9.17) is 4.74 Å². The molecule has 1 aromatic carbocycles. The third-order valence-corrected chi connectivity index (χ3v) is 4.48. The van der Waals surface area contributed by atoms with E-state index in [1.807, 2.05) is 25.6 Å². The van der Waals surface area contributed by atoms with Crippen LogP contribution in [0.1, 0.15) is 30.8 Å². The summed E-state index contributed by atoms with van der Waals surface area (Å²) in [6.07, 6.45) is 0.778. The van der Waals surface area contributed by atoms with Gasteiger partial charge in [-0.2, -0.15) is 5.10 Å². The van der Waals surface area contributed by atoms with Crippen LogP contribution in [0.4, 0.5) is 4.39 Å². The summed E-state index contributed by atoms with van der Waals surface area (Å²) in [5.74, 6) is 1.09. The molecule has 0 aliphatic carbocycles. The molecule has 0 aliphatic rings. The van der Waals surface area contributed by atoms with Gasteiger partial charge in [-0.05, 0) is 63.9 Å². The molecule has 0 amide bonds. The van der Waals surface area contributed by atoms with E-state index in [9.17, 15) is 4.39 Å². The number of hydrogen-bond donors (Lipinski definition) is 2. The van der Waals surface area contributed by atoms with Crippen LogP contribution in [0.5, 0.6) is 5.75 Å². The Balaban J connectivity index is 1.83. The molecule has 0 saturated heterocycles. The number of guanidine groups is 1. The normalized spacial score (nSPS) is 14.0. The molecule has 0 aliphatic heterocycles. The van der Waals surface area contributed by atoms with Crippen molar-refractivity contribution >= 4 is 5.96 Å². The quantitative estimate of drug-likeness (QED) is 0.577. The van der Waals surface area contributed by atoms with Crippen molar-refractivity contribution < 1.29 is 9.13 Å². The summed E-state index contributed by atoms with van der Waals surface area (Å²) >= 11 is 0. The molecule has 0 saturated carbocycles. The highest BCUT2D eigenvalue weighted by atomic mass is 19.1. The Morgan fingerprint density at radius 3 is 2.48 bits per heavy atom. The molecule has 7 heteroatoms. The molecule has 27 heavy (non-hydrogen) atoms. The standard InChI is InChI=1S/C20H30FN5O/c1-13(11-19-15(3)25-26(6)16(19)4)24-20(22-5)23-12-14(2)27-18-9-7-17(21)8-10-18/h7-10,13-14H,11-12H2,1-6H3,(H2,22,23,24). The van der Waals surface area contributed by atoms with Crippen molar-refractivity contribution in [2.24, 2.45) is 12.0 Å². The number of aryl methyl sites for hydroxylation is 2. The van der Waals surface area contributed by atoms with E-state index >= 15 is 0 Å². The second kappa shape index (κ2) is 9.39. The number of ether oxygens (including phenoxy) is 1. The van der Waals surface area contributed by atoms with Crippen molar-refractivity contribution in [2.45, 2.75) is 46.3 Å². The number of nitrogens with zero attached hydrogens (tertiary/aromatic N) is 3. The van der Waals surface area contributed by atoms with Gasteiger partial charge in [-0.1, -0.05) is 0 Å². The predicted molar refractivity (Wildman–Crippen MR) is 107 cm³/mol. The number of hydrogen-bond acceptors (Lipinski definition) is 3. The molecular formula is C20H30FN5O. The predicted octanol–water partition coefficient (Wildman–Crippen LogP) is 2.74. The first-order valence-corrected chi connectivity index (χ1v) is 9.18. The Hall–Kier alpha value is -2.57. The van der Waals surface area contributed by atoms with Crippen LogP contribution in [-0.2, 0) is 13.5 Å². The molecule has 1 aromatic heterocycles. The smallest absolute Gasteiger partial charge is 0.191 e. The van der Waals surface area contributed by atoms with Crippen LogP contribution < -0.4 is 15.4 Å². The fraction of sp³-hybridized carbons (Fsp3) is 0.500. The molecule has 2 atom stereocenters. The zero-order chi connectivity index (χ0) is 20.0. The van der Waals surface area contributed by atoms with Gasteiger partial charge < -0.3 is 15.4 Å². The maximum Gasteiger partial charge on any atom is 0.191 e. The van der Waals surface area contributed by atoms with Gasteiger partial charge in [-0.3, -0.25) is 9.67 Å². The van der Waals surface area contributed by atoms with E-state index in [0.717, 1.165) is 18.1 Å². The van der Waals surface area contributed by atoms with Crippen molar-refractivity contribution in [3.63, 3.8) is 0 Å². The first-order valence-electron chi connectivity index (χ1n) is 9.18. The summed E-state index contributed by atoms with van der Waals surface area (Å²) in [5, 5.41) is 11.1. The highest BCUT2D eigenvalue weighted by Crippen LogP contribution is 2.14. The maximum absolute atomic E-state index is 13.0.